The summed E-state index contributed by atoms with van der Waals surface area (Å²) >= 11 is 1.56. The number of thiophene rings is 1. The Hall–Kier alpha value is -1.63. The fourth-order valence-corrected chi connectivity index (χ4v) is 3.07. The van der Waals surface area contributed by atoms with Gasteiger partial charge in [-0.2, -0.15) is 5.26 Å². The maximum atomic E-state index is 8.83. The molecule has 3 heteroatoms. The minimum atomic E-state index is 0.311. The second-order valence-corrected chi connectivity index (χ2v) is 6.99. The lowest BCUT2D eigenvalue weighted by Gasteiger charge is -2.14. The Bertz CT molecular complexity index is 605. The summed E-state index contributed by atoms with van der Waals surface area (Å²) in [7, 11) is 0. The van der Waals surface area contributed by atoms with Crippen LogP contribution in [0.2, 0.25) is 0 Å². The van der Waals surface area contributed by atoms with E-state index in [2.05, 4.69) is 56.4 Å². The van der Waals surface area contributed by atoms with E-state index in [1.807, 2.05) is 12.1 Å². The van der Waals surface area contributed by atoms with Crippen molar-refractivity contribution in [2.45, 2.75) is 39.8 Å². The van der Waals surface area contributed by atoms with Crippen LogP contribution >= 0.6 is 11.3 Å². The molecule has 1 atom stereocenters. The predicted molar refractivity (Wildman–Crippen MR) is 89.3 cm³/mol. The Morgan fingerprint density at radius 2 is 1.81 bits per heavy atom. The Labute approximate surface area is 131 Å². The Kier molecular flexibility index (Phi) is 5.55. The van der Waals surface area contributed by atoms with Gasteiger partial charge in [0.05, 0.1) is 0 Å². The summed E-state index contributed by atoms with van der Waals surface area (Å²) in [6.45, 7) is 7.47. The van der Waals surface area contributed by atoms with Crippen LogP contribution in [0.4, 0.5) is 0 Å². The molecule has 2 nitrogen and oxygen atoms in total. The van der Waals surface area contributed by atoms with Gasteiger partial charge in [0.15, 0.2) is 0 Å². The molecule has 0 amide bonds. The molecule has 1 heterocycles. The lowest BCUT2D eigenvalue weighted by Crippen LogP contribution is -2.17. The molecule has 1 N–H and O–H groups in total. The smallest absolute Gasteiger partial charge is 0.110 e. The lowest BCUT2D eigenvalue weighted by atomic mass is 10.00. The van der Waals surface area contributed by atoms with Gasteiger partial charge in [0.2, 0.25) is 0 Å². The van der Waals surface area contributed by atoms with Crippen LogP contribution in [0, 0.1) is 17.2 Å². The van der Waals surface area contributed by atoms with Gasteiger partial charge in [0.1, 0.15) is 10.9 Å². The monoisotopic (exact) mass is 298 g/mol. The van der Waals surface area contributed by atoms with E-state index in [1.54, 1.807) is 11.3 Å². The summed E-state index contributed by atoms with van der Waals surface area (Å²) in [6, 6.07) is 15.3. The molecule has 0 fully saturated rings. The van der Waals surface area contributed by atoms with Crippen molar-refractivity contribution in [2.24, 2.45) is 5.92 Å². The summed E-state index contributed by atoms with van der Waals surface area (Å²) in [6.07, 6.45) is 1.13. The summed E-state index contributed by atoms with van der Waals surface area (Å²) < 4.78 is 0. The van der Waals surface area contributed by atoms with Gasteiger partial charge < -0.3 is 5.32 Å². The Balaban J connectivity index is 1.90. The molecule has 0 bridgehead atoms. The second-order valence-electron chi connectivity index (χ2n) is 5.82. The number of nitriles is 1. The fraction of sp³-hybridized carbons (Fsp3) is 0.389. The standard InChI is InChI=1S/C18H22N2S/c1-13(2)10-15-4-6-16(7-5-15)14(3)20-12-18-9-8-17(11-19)21-18/h4-9,13-14,20H,10,12H2,1-3H3. The van der Waals surface area contributed by atoms with Gasteiger partial charge in [0.25, 0.3) is 0 Å². The topological polar surface area (TPSA) is 35.8 Å². The highest BCUT2D eigenvalue weighted by Gasteiger charge is 2.07. The summed E-state index contributed by atoms with van der Waals surface area (Å²) in [5.74, 6) is 0.694. The number of benzene rings is 1. The van der Waals surface area contributed by atoms with Gasteiger partial charge in [-0.15, -0.1) is 11.3 Å². The first-order valence-corrected chi connectivity index (χ1v) is 8.21. The van der Waals surface area contributed by atoms with E-state index in [9.17, 15) is 0 Å². The molecule has 0 spiro atoms. The van der Waals surface area contributed by atoms with Crippen molar-refractivity contribution in [1.82, 2.24) is 5.32 Å². The number of rotatable bonds is 6. The average molecular weight is 298 g/mol. The second kappa shape index (κ2) is 7.40. The fourth-order valence-electron chi connectivity index (χ4n) is 2.32. The minimum absolute atomic E-state index is 0.311. The molecule has 1 aromatic heterocycles. The molecule has 2 rings (SSSR count). The van der Waals surface area contributed by atoms with Crippen LogP contribution in [0.5, 0.6) is 0 Å². The van der Waals surface area contributed by atoms with Crippen molar-refractivity contribution in [1.29, 1.82) is 5.26 Å². The number of hydrogen-bond acceptors (Lipinski definition) is 3. The molecule has 1 unspecified atom stereocenters. The van der Waals surface area contributed by atoms with Crippen LogP contribution in [0.1, 0.15) is 47.7 Å². The molecule has 0 radical (unpaired) electrons. The van der Waals surface area contributed by atoms with Crippen LogP contribution in [0.3, 0.4) is 0 Å². The largest absolute Gasteiger partial charge is 0.305 e. The number of nitrogens with zero attached hydrogens (tertiary/aromatic N) is 1. The molecule has 0 aliphatic rings. The first kappa shape index (κ1) is 15.8. The molecule has 110 valence electrons. The highest BCUT2D eigenvalue weighted by molar-refractivity contribution is 7.12. The van der Waals surface area contributed by atoms with Gasteiger partial charge in [0, 0.05) is 17.5 Å². The third-order valence-corrected chi connectivity index (χ3v) is 4.47. The first-order chi connectivity index (χ1) is 10.1. The van der Waals surface area contributed by atoms with Crippen LogP contribution in [-0.4, -0.2) is 0 Å². The van der Waals surface area contributed by atoms with Gasteiger partial charge in [-0.1, -0.05) is 38.1 Å². The van der Waals surface area contributed by atoms with E-state index >= 15 is 0 Å². The number of hydrogen-bond donors (Lipinski definition) is 1. The summed E-state index contributed by atoms with van der Waals surface area (Å²) in [5, 5.41) is 12.3. The Morgan fingerprint density at radius 1 is 1.10 bits per heavy atom. The zero-order valence-corrected chi connectivity index (χ0v) is 13.7. The summed E-state index contributed by atoms with van der Waals surface area (Å²) in [4.78, 5) is 1.98. The zero-order valence-electron chi connectivity index (χ0n) is 12.9. The van der Waals surface area contributed by atoms with Crippen LogP contribution in [0.25, 0.3) is 0 Å². The van der Waals surface area contributed by atoms with Crippen LogP contribution in [0.15, 0.2) is 36.4 Å². The van der Waals surface area contributed by atoms with Gasteiger partial charge in [-0.3, -0.25) is 0 Å². The molecule has 1 aromatic carbocycles. The molecular weight excluding hydrogens is 276 g/mol. The minimum Gasteiger partial charge on any atom is -0.305 e. The van der Waals surface area contributed by atoms with Crippen LogP contribution in [-0.2, 0) is 13.0 Å². The van der Waals surface area contributed by atoms with E-state index in [1.165, 1.54) is 16.0 Å². The quantitative estimate of drug-likeness (QED) is 0.841. The highest BCUT2D eigenvalue weighted by Crippen LogP contribution is 2.19. The molecule has 0 aliphatic carbocycles. The zero-order chi connectivity index (χ0) is 15.2. The molecule has 0 saturated carbocycles. The van der Waals surface area contributed by atoms with E-state index in [0.29, 0.717) is 12.0 Å². The van der Waals surface area contributed by atoms with E-state index in [-0.39, 0.29) is 0 Å². The van der Waals surface area contributed by atoms with E-state index in [0.717, 1.165) is 17.8 Å². The third-order valence-electron chi connectivity index (χ3n) is 3.48. The molecule has 2 aromatic rings. The lowest BCUT2D eigenvalue weighted by molar-refractivity contribution is 0.578. The molecule has 0 saturated heterocycles. The van der Waals surface area contributed by atoms with E-state index in [4.69, 9.17) is 5.26 Å². The Morgan fingerprint density at radius 3 is 2.38 bits per heavy atom. The SMILES string of the molecule is CC(C)Cc1ccc(C(C)NCc2ccc(C#N)s2)cc1. The maximum absolute atomic E-state index is 8.83. The molecule has 0 aliphatic heterocycles. The van der Waals surface area contributed by atoms with Crippen molar-refractivity contribution < 1.29 is 0 Å². The predicted octanol–water partition coefficient (Wildman–Crippen LogP) is 4.67. The number of nitrogens with one attached hydrogen (secondary N) is 1. The first-order valence-electron chi connectivity index (χ1n) is 7.39. The van der Waals surface area contributed by atoms with Gasteiger partial charge >= 0.3 is 0 Å². The molecular formula is C18H22N2S. The highest BCUT2D eigenvalue weighted by atomic mass is 32.1. The van der Waals surface area contributed by atoms with Crippen molar-refractivity contribution in [2.75, 3.05) is 0 Å². The maximum Gasteiger partial charge on any atom is 0.110 e. The molecule has 21 heavy (non-hydrogen) atoms. The average Bonchev–Trinajstić information content (AvgIpc) is 2.93. The van der Waals surface area contributed by atoms with Crippen molar-refractivity contribution in [3.05, 3.63) is 57.3 Å². The normalized spacial score (nSPS) is 12.3. The van der Waals surface area contributed by atoms with Gasteiger partial charge in [-0.25, -0.2) is 0 Å². The van der Waals surface area contributed by atoms with E-state index < -0.39 is 0 Å². The van der Waals surface area contributed by atoms with Crippen molar-refractivity contribution >= 4 is 11.3 Å². The van der Waals surface area contributed by atoms with Crippen molar-refractivity contribution in [3.63, 3.8) is 0 Å². The van der Waals surface area contributed by atoms with Crippen LogP contribution < -0.4 is 5.32 Å². The summed E-state index contributed by atoms with van der Waals surface area (Å²) in [5.41, 5.74) is 2.71. The van der Waals surface area contributed by atoms with Crippen molar-refractivity contribution in [3.8, 4) is 6.07 Å². The third kappa shape index (κ3) is 4.70. The van der Waals surface area contributed by atoms with Gasteiger partial charge in [-0.05, 0) is 42.5 Å².